The van der Waals surface area contributed by atoms with Crippen LogP contribution >= 0.6 is 0 Å². The first-order valence-electron chi connectivity index (χ1n) is 10.6. The third-order valence-corrected chi connectivity index (χ3v) is 6.67. The number of aliphatic hydroxyl groups excluding tert-OH is 1. The maximum Gasteiger partial charge on any atom is 0.256 e. The van der Waals surface area contributed by atoms with Crippen LogP contribution in [0.1, 0.15) is 37.4 Å². The topological polar surface area (TPSA) is 119 Å². The van der Waals surface area contributed by atoms with Crippen molar-refractivity contribution in [1.82, 2.24) is 14.9 Å². The van der Waals surface area contributed by atoms with Crippen LogP contribution in [-0.2, 0) is 16.4 Å². The van der Waals surface area contributed by atoms with Gasteiger partial charge in [0.25, 0.3) is 5.89 Å². The molecule has 1 heterocycles. The zero-order valence-corrected chi connectivity index (χ0v) is 19.1. The van der Waals surface area contributed by atoms with E-state index < -0.39 is 16.6 Å². The van der Waals surface area contributed by atoms with Crippen molar-refractivity contribution in [2.45, 2.75) is 38.8 Å². The van der Waals surface area contributed by atoms with Crippen LogP contribution < -0.4 is 9.46 Å². The molecule has 0 amide bonds. The predicted molar refractivity (Wildman–Crippen MR) is 122 cm³/mol. The number of rotatable bonds is 8. The number of hydrogen-bond acceptors (Lipinski definition) is 7. The minimum atomic E-state index is -3.57. The van der Waals surface area contributed by atoms with Crippen LogP contribution in [0.2, 0.25) is 0 Å². The maximum atomic E-state index is 12.1. The fourth-order valence-electron chi connectivity index (χ4n) is 3.92. The molecule has 10 heteroatoms. The molecule has 1 atom stereocenters. The number of ether oxygens (including phenoxy) is 1. The largest absolute Gasteiger partial charge is 0.502 e. The number of nitrogens with zero attached hydrogens (tertiary/aromatic N) is 3. The summed E-state index contributed by atoms with van der Waals surface area (Å²) in [7, 11) is -3.57. The summed E-state index contributed by atoms with van der Waals surface area (Å²) in [6.07, 6.45) is 1.21. The van der Waals surface area contributed by atoms with E-state index in [1.165, 1.54) is 0 Å². The van der Waals surface area contributed by atoms with Gasteiger partial charge in [0, 0.05) is 17.2 Å². The third kappa shape index (κ3) is 4.90. The molecular formula is C23H24N4O5S. The molecule has 1 aromatic heterocycles. The minimum Gasteiger partial charge on any atom is -0.502 e. The molecule has 0 unspecified atom stereocenters. The van der Waals surface area contributed by atoms with E-state index in [0.29, 0.717) is 35.7 Å². The van der Waals surface area contributed by atoms with E-state index in [1.807, 2.05) is 32.0 Å². The Morgan fingerprint density at radius 2 is 2.15 bits per heavy atom. The summed E-state index contributed by atoms with van der Waals surface area (Å²) in [4.78, 5) is 8.07. The predicted octanol–water partition coefficient (Wildman–Crippen LogP) is 3.64. The normalized spacial score (nSPS) is 15.4. The van der Waals surface area contributed by atoms with Crippen molar-refractivity contribution in [1.29, 1.82) is 0 Å². The van der Waals surface area contributed by atoms with Crippen molar-refractivity contribution in [2.75, 3.05) is 12.4 Å². The highest BCUT2D eigenvalue weighted by molar-refractivity contribution is 7.89. The van der Waals surface area contributed by atoms with E-state index in [1.54, 1.807) is 18.2 Å². The Kier molecular flexibility index (Phi) is 6.47. The number of aromatic nitrogens is 2. The van der Waals surface area contributed by atoms with Crippen LogP contribution in [0.5, 0.6) is 5.75 Å². The summed E-state index contributed by atoms with van der Waals surface area (Å²) in [5.41, 5.74) is 3.57. The van der Waals surface area contributed by atoms with Gasteiger partial charge in [0.2, 0.25) is 21.5 Å². The average Bonchev–Trinajstić information content (AvgIpc) is 3.41. The lowest BCUT2D eigenvalue weighted by Crippen LogP contribution is -2.30. The first-order chi connectivity index (χ1) is 15.8. The zero-order chi connectivity index (χ0) is 23.6. The van der Waals surface area contributed by atoms with Crippen molar-refractivity contribution < 1.29 is 22.8 Å². The third-order valence-electron chi connectivity index (χ3n) is 5.31. The molecule has 0 aliphatic heterocycles. The van der Waals surface area contributed by atoms with E-state index in [9.17, 15) is 8.42 Å². The molecule has 9 nitrogen and oxygen atoms in total. The molecule has 2 aromatic carbocycles. The number of sulfonamides is 1. The van der Waals surface area contributed by atoms with Gasteiger partial charge in [0.05, 0.1) is 25.0 Å². The molecule has 3 aromatic rings. The molecule has 0 saturated heterocycles. The Hall–Kier alpha value is -3.26. The number of aliphatic hydroxyl groups is 1. The van der Waals surface area contributed by atoms with Crippen LogP contribution in [0, 0.1) is 6.57 Å². The summed E-state index contributed by atoms with van der Waals surface area (Å²) in [6.45, 7) is 10.8. The highest BCUT2D eigenvalue weighted by atomic mass is 32.2. The minimum absolute atomic E-state index is 0.0523. The number of benzene rings is 2. The molecule has 0 saturated carbocycles. The fourth-order valence-corrected chi connectivity index (χ4v) is 4.96. The second kappa shape index (κ2) is 9.31. The smallest absolute Gasteiger partial charge is 0.256 e. The quantitative estimate of drug-likeness (QED) is 0.485. The van der Waals surface area contributed by atoms with E-state index in [0.717, 1.165) is 16.7 Å². The lowest BCUT2D eigenvalue weighted by Gasteiger charge is -2.14. The molecule has 172 valence electrons. The molecule has 0 spiro atoms. The number of nitrogens with one attached hydrogen (secondary N) is 1. The molecule has 4 rings (SSSR count). The van der Waals surface area contributed by atoms with Gasteiger partial charge >= 0.3 is 0 Å². The lowest BCUT2D eigenvalue weighted by molar-refractivity contribution is 0.244. The Balaban J connectivity index is 1.63. The second-order valence-electron chi connectivity index (χ2n) is 8.01. The Morgan fingerprint density at radius 3 is 2.88 bits per heavy atom. The van der Waals surface area contributed by atoms with Gasteiger partial charge in [-0.1, -0.05) is 23.4 Å². The van der Waals surface area contributed by atoms with Gasteiger partial charge in [-0.25, -0.2) is 18.0 Å². The monoisotopic (exact) mass is 468 g/mol. The molecule has 1 aliphatic carbocycles. The second-order valence-corrected chi connectivity index (χ2v) is 9.88. The van der Waals surface area contributed by atoms with Gasteiger partial charge in [-0.2, -0.15) is 4.98 Å². The van der Waals surface area contributed by atoms with Crippen LogP contribution in [0.4, 0.5) is 5.69 Å². The van der Waals surface area contributed by atoms with Crippen molar-refractivity contribution in [3.8, 4) is 28.6 Å². The lowest BCUT2D eigenvalue weighted by atomic mass is 10.0. The van der Waals surface area contributed by atoms with Crippen LogP contribution in [-0.4, -0.2) is 42.1 Å². The Bertz CT molecular complexity index is 1310. The molecular weight excluding hydrogens is 444 g/mol. The summed E-state index contributed by atoms with van der Waals surface area (Å²) in [5, 5.41) is 13.1. The van der Waals surface area contributed by atoms with Crippen molar-refractivity contribution in [2.24, 2.45) is 0 Å². The zero-order valence-electron chi connectivity index (χ0n) is 18.3. The molecule has 0 radical (unpaired) electrons. The summed E-state index contributed by atoms with van der Waals surface area (Å²) >= 11 is 0. The first kappa shape index (κ1) is 22.9. The summed E-state index contributed by atoms with van der Waals surface area (Å²) < 4.78 is 38.0. The van der Waals surface area contributed by atoms with Gasteiger partial charge in [-0.05, 0) is 56.0 Å². The van der Waals surface area contributed by atoms with Crippen molar-refractivity contribution in [3.63, 3.8) is 0 Å². The van der Waals surface area contributed by atoms with Gasteiger partial charge in [0.15, 0.2) is 0 Å². The van der Waals surface area contributed by atoms with Crippen LogP contribution in [0.3, 0.4) is 0 Å². The highest BCUT2D eigenvalue weighted by Crippen LogP contribution is 2.38. The Morgan fingerprint density at radius 1 is 1.33 bits per heavy atom. The highest BCUT2D eigenvalue weighted by Gasteiger charge is 2.29. The van der Waals surface area contributed by atoms with Crippen molar-refractivity contribution in [3.05, 3.63) is 58.9 Å². The van der Waals surface area contributed by atoms with Gasteiger partial charge < -0.3 is 14.4 Å². The number of fused-ring (bicyclic) bond motifs is 1. The average molecular weight is 469 g/mol. The fraction of sp³-hybridized carbons (Fsp3) is 0.348. The summed E-state index contributed by atoms with van der Waals surface area (Å²) in [5.74, 6) is 0.841. The number of hydrogen-bond donors (Lipinski definition) is 2. The molecule has 1 aliphatic rings. The SMILES string of the molecule is [C-]#[N+]c1cc(-c2nc(-c3cccc4c3CC[C@H]4NS(=O)(=O)CCO)no2)ccc1OC(C)C. The van der Waals surface area contributed by atoms with E-state index in [2.05, 4.69) is 19.7 Å². The van der Waals surface area contributed by atoms with Gasteiger partial charge in [-0.15, -0.1) is 0 Å². The molecule has 33 heavy (non-hydrogen) atoms. The van der Waals surface area contributed by atoms with Crippen LogP contribution in [0.25, 0.3) is 27.7 Å². The van der Waals surface area contributed by atoms with E-state index in [4.69, 9.17) is 20.9 Å². The van der Waals surface area contributed by atoms with Crippen molar-refractivity contribution >= 4 is 15.7 Å². The Labute approximate surface area is 192 Å². The van der Waals surface area contributed by atoms with Gasteiger partial charge in [-0.3, -0.25) is 0 Å². The van der Waals surface area contributed by atoms with E-state index in [-0.39, 0.29) is 23.8 Å². The molecule has 0 bridgehead atoms. The molecule has 0 fully saturated rings. The van der Waals surface area contributed by atoms with Gasteiger partial charge in [0.1, 0.15) is 5.75 Å². The molecule has 2 N–H and O–H groups in total. The van der Waals surface area contributed by atoms with E-state index >= 15 is 0 Å². The maximum absolute atomic E-state index is 12.1. The first-order valence-corrected chi connectivity index (χ1v) is 12.2. The summed E-state index contributed by atoms with van der Waals surface area (Å²) in [6, 6.07) is 10.4. The van der Waals surface area contributed by atoms with Crippen LogP contribution in [0.15, 0.2) is 40.9 Å². The standard InChI is InChI=1S/C23H24N4O5S/c1-14(2)31-21-10-7-15(13-20(21)24-3)23-25-22(26-32-23)18-6-4-5-17-16(18)8-9-19(17)27-33(29,30)12-11-28/h4-7,10,13-14,19,27-28H,8-9,11-12H2,1-2H3/t19-/m1/s1.